The third-order valence-electron chi connectivity index (χ3n) is 1.87. The second kappa shape index (κ2) is 4.89. The van der Waals surface area contributed by atoms with Crippen molar-refractivity contribution in [2.45, 2.75) is 0 Å². The Labute approximate surface area is 101 Å². The van der Waals surface area contributed by atoms with Crippen LogP contribution >= 0.6 is 11.6 Å². The Morgan fingerprint density at radius 2 is 1.94 bits per heavy atom. The zero-order chi connectivity index (χ0) is 12.3. The van der Waals surface area contributed by atoms with Crippen LogP contribution in [0.5, 0.6) is 0 Å². The number of rotatable bonds is 0. The highest BCUT2D eigenvalue weighted by molar-refractivity contribution is 6.30. The van der Waals surface area contributed by atoms with Crippen LogP contribution in [-0.2, 0) is 0 Å². The van der Waals surface area contributed by atoms with Crippen LogP contribution < -0.4 is 0 Å². The van der Waals surface area contributed by atoms with Crippen molar-refractivity contribution >= 4 is 11.6 Å². The third kappa shape index (κ3) is 2.99. The van der Waals surface area contributed by atoms with Crippen molar-refractivity contribution in [3.63, 3.8) is 0 Å². The van der Waals surface area contributed by atoms with E-state index in [0.29, 0.717) is 5.56 Å². The molecule has 0 saturated carbocycles. The molecule has 0 unspecified atom stereocenters. The minimum Gasteiger partial charge on any atom is -0.240 e. The molecular weight excluding hydrogens is 246 g/mol. The molecule has 2 heterocycles. The molecule has 0 aromatic carbocycles. The van der Waals surface area contributed by atoms with E-state index in [0.717, 1.165) is 6.20 Å². The zero-order valence-electron chi connectivity index (χ0n) is 8.42. The van der Waals surface area contributed by atoms with E-state index in [-0.39, 0.29) is 10.7 Å². The number of hydrogen-bond donors (Lipinski definition) is 0. The van der Waals surface area contributed by atoms with Gasteiger partial charge in [0.2, 0.25) is 5.95 Å². The fourth-order valence-corrected chi connectivity index (χ4v) is 1.28. The fourth-order valence-electron chi connectivity index (χ4n) is 1.13. The second-order valence-electron chi connectivity index (χ2n) is 3.11. The predicted molar refractivity (Wildman–Crippen MR) is 59.4 cm³/mol. The summed E-state index contributed by atoms with van der Waals surface area (Å²) >= 11 is 5.73. The van der Waals surface area contributed by atoms with Crippen molar-refractivity contribution in [2.75, 3.05) is 0 Å². The number of hydrogen-bond acceptors (Lipinski definition) is 2. The van der Waals surface area contributed by atoms with Crippen molar-refractivity contribution in [2.24, 2.45) is 0 Å². The fraction of sp³-hybridized carbons (Fsp3) is 0. The van der Waals surface area contributed by atoms with Gasteiger partial charge in [-0.05, 0) is 12.1 Å². The molecule has 2 nitrogen and oxygen atoms in total. The summed E-state index contributed by atoms with van der Waals surface area (Å²) in [6.07, 6.45) is 2.30. The van der Waals surface area contributed by atoms with Crippen molar-refractivity contribution < 1.29 is 8.78 Å². The maximum Gasteiger partial charge on any atom is 0.214 e. The minimum absolute atomic E-state index is 0.105. The van der Waals surface area contributed by atoms with Crippen LogP contribution in [0.25, 0.3) is 0 Å². The van der Waals surface area contributed by atoms with E-state index >= 15 is 0 Å². The summed E-state index contributed by atoms with van der Waals surface area (Å²) in [7, 11) is 0. The Morgan fingerprint density at radius 1 is 1.12 bits per heavy atom. The van der Waals surface area contributed by atoms with Gasteiger partial charge >= 0.3 is 0 Å². The lowest BCUT2D eigenvalue weighted by atomic mass is 10.2. The molecule has 84 valence electrons. The molecule has 0 atom stereocenters. The molecule has 2 aromatic rings. The summed E-state index contributed by atoms with van der Waals surface area (Å²) in [5.74, 6) is 4.11. The van der Waals surface area contributed by atoms with Crippen LogP contribution in [-0.4, -0.2) is 9.97 Å². The normalized spacial score (nSPS) is 9.59. The van der Waals surface area contributed by atoms with Gasteiger partial charge < -0.3 is 0 Å². The summed E-state index contributed by atoms with van der Waals surface area (Å²) in [5.41, 5.74) is 0.682. The predicted octanol–water partition coefficient (Wildman–Crippen LogP) is 2.81. The van der Waals surface area contributed by atoms with Crippen molar-refractivity contribution in [1.82, 2.24) is 9.97 Å². The van der Waals surface area contributed by atoms with Crippen molar-refractivity contribution in [3.8, 4) is 11.8 Å². The van der Waals surface area contributed by atoms with Crippen LogP contribution in [0.4, 0.5) is 8.78 Å². The number of nitrogens with zero attached hydrogens (tertiary/aromatic N) is 2. The van der Waals surface area contributed by atoms with Gasteiger partial charge in [0.15, 0.2) is 0 Å². The van der Waals surface area contributed by atoms with Crippen LogP contribution in [0.1, 0.15) is 11.1 Å². The molecule has 0 spiro atoms. The summed E-state index contributed by atoms with van der Waals surface area (Å²) < 4.78 is 25.6. The standard InChI is InChI=1S/C12H5ClF2N2/c13-12-9(6-10(14)7-17-12)2-1-8-3-4-16-11(15)5-8/h3-7H. The summed E-state index contributed by atoms with van der Waals surface area (Å²) in [6, 6.07) is 3.88. The van der Waals surface area contributed by atoms with Crippen molar-refractivity contribution in [1.29, 1.82) is 0 Å². The quantitative estimate of drug-likeness (QED) is 0.531. The lowest BCUT2D eigenvalue weighted by Gasteiger charge is -1.94. The Kier molecular flexibility index (Phi) is 3.31. The molecule has 5 heteroatoms. The molecule has 0 aliphatic carbocycles. The van der Waals surface area contributed by atoms with E-state index in [9.17, 15) is 8.78 Å². The average Bonchev–Trinajstić information content (AvgIpc) is 2.30. The van der Waals surface area contributed by atoms with Gasteiger partial charge in [0.1, 0.15) is 11.0 Å². The molecule has 2 rings (SSSR count). The van der Waals surface area contributed by atoms with Gasteiger partial charge in [-0.1, -0.05) is 23.4 Å². The van der Waals surface area contributed by atoms with E-state index in [1.165, 1.54) is 24.4 Å². The van der Waals surface area contributed by atoms with E-state index in [4.69, 9.17) is 11.6 Å². The maximum absolute atomic E-state index is 12.9. The van der Waals surface area contributed by atoms with Gasteiger partial charge in [0.05, 0.1) is 11.8 Å². The van der Waals surface area contributed by atoms with Crippen LogP contribution in [0.3, 0.4) is 0 Å². The van der Waals surface area contributed by atoms with Crippen LogP contribution in [0.15, 0.2) is 30.6 Å². The molecule has 0 aliphatic heterocycles. The van der Waals surface area contributed by atoms with Crippen LogP contribution in [0.2, 0.25) is 5.15 Å². The molecule has 0 aliphatic rings. The largest absolute Gasteiger partial charge is 0.240 e. The first-order valence-corrected chi connectivity index (χ1v) is 4.97. The molecule has 0 amide bonds. The lowest BCUT2D eigenvalue weighted by Crippen LogP contribution is -1.86. The Bertz CT molecular complexity index is 617. The Morgan fingerprint density at radius 3 is 2.71 bits per heavy atom. The molecule has 0 fully saturated rings. The van der Waals surface area contributed by atoms with E-state index in [1.807, 2.05) is 0 Å². The van der Waals surface area contributed by atoms with Crippen LogP contribution in [0, 0.1) is 23.6 Å². The highest BCUT2D eigenvalue weighted by Crippen LogP contribution is 2.12. The van der Waals surface area contributed by atoms with Gasteiger partial charge in [-0.25, -0.2) is 14.4 Å². The molecule has 0 radical (unpaired) electrons. The van der Waals surface area contributed by atoms with Gasteiger partial charge in [0.25, 0.3) is 0 Å². The molecular formula is C12H5ClF2N2. The Hall–Kier alpha value is -1.99. The second-order valence-corrected chi connectivity index (χ2v) is 3.47. The van der Waals surface area contributed by atoms with Gasteiger partial charge in [0, 0.05) is 17.8 Å². The SMILES string of the molecule is Fc1cnc(Cl)c(C#Cc2ccnc(F)c2)c1. The van der Waals surface area contributed by atoms with Gasteiger partial charge in [-0.15, -0.1) is 0 Å². The highest BCUT2D eigenvalue weighted by Gasteiger charge is 2.00. The van der Waals surface area contributed by atoms with Crippen molar-refractivity contribution in [3.05, 3.63) is 58.6 Å². The van der Waals surface area contributed by atoms with E-state index in [1.54, 1.807) is 0 Å². The first-order valence-electron chi connectivity index (χ1n) is 4.60. The maximum atomic E-state index is 12.9. The Balaban J connectivity index is 2.36. The summed E-state index contributed by atoms with van der Waals surface area (Å²) in [4.78, 5) is 7.00. The number of aromatic nitrogens is 2. The summed E-state index contributed by atoms with van der Waals surface area (Å²) in [6.45, 7) is 0. The number of pyridine rings is 2. The topological polar surface area (TPSA) is 25.8 Å². The van der Waals surface area contributed by atoms with Gasteiger partial charge in [-0.2, -0.15) is 4.39 Å². The lowest BCUT2D eigenvalue weighted by molar-refractivity contribution is 0.583. The minimum atomic E-state index is -0.625. The zero-order valence-corrected chi connectivity index (χ0v) is 9.17. The molecule has 17 heavy (non-hydrogen) atoms. The van der Waals surface area contributed by atoms with E-state index < -0.39 is 11.8 Å². The third-order valence-corrected chi connectivity index (χ3v) is 2.17. The molecule has 0 saturated heterocycles. The first-order chi connectivity index (χ1) is 8.15. The monoisotopic (exact) mass is 250 g/mol. The smallest absolute Gasteiger partial charge is 0.214 e. The van der Waals surface area contributed by atoms with Gasteiger partial charge in [-0.3, -0.25) is 0 Å². The molecule has 0 N–H and O–H groups in total. The molecule has 2 aromatic heterocycles. The highest BCUT2D eigenvalue weighted by atomic mass is 35.5. The average molecular weight is 251 g/mol. The first kappa shape index (κ1) is 11.5. The molecule has 0 bridgehead atoms. The van der Waals surface area contributed by atoms with E-state index in [2.05, 4.69) is 21.8 Å². The number of halogens is 3. The summed E-state index contributed by atoms with van der Waals surface area (Å²) in [5, 5.41) is 0.105.